The number of hydrogen-bond donors (Lipinski definition) is 1. The number of piperidine rings is 1. The van der Waals surface area contributed by atoms with Crippen molar-refractivity contribution < 1.29 is 0 Å². The Balaban J connectivity index is 1.72. The van der Waals surface area contributed by atoms with E-state index < -0.39 is 0 Å². The predicted molar refractivity (Wildman–Crippen MR) is 82.0 cm³/mol. The lowest BCUT2D eigenvalue weighted by Crippen LogP contribution is -2.39. The minimum Gasteiger partial charge on any atom is -0.316 e. The van der Waals surface area contributed by atoms with Gasteiger partial charge in [0.05, 0.1) is 12.1 Å². The molecule has 3 rings (SSSR count). The van der Waals surface area contributed by atoms with Crippen molar-refractivity contribution in [2.45, 2.75) is 19.5 Å². The van der Waals surface area contributed by atoms with E-state index in [0.717, 1.165) is 19.6 Å². The van der Waals surface area contributed by atoms with E-state index in [1.54, 1.807) is 6.07 Å². The fourth-order valence-electron chi connectivity index (χ4n) is 2.92. The number of hydrogen-bond acceptors (Lipinski definition) is 5. The Morgan fingerprint density at radius 2 is 2.29 bits per heavy atom. The monoisotopic (exact) mass is 287 g/mol. The van der Waals surface area contributed by atoms with Crippen LogP contribution in [0.15, 0.2) is 29.1 Å². The first-order valence-electron chi connectivity index (χ1n) is 7.46. The first-order chi connectivity index (χ1) is 10.2. The summed E-state index contributed by atoms with van der Waals surface area (Å²) in [6.07, 6.45) is 2.48. The van der Waals surface area contributed by atoms with Crippen molar-refractivity contribution in [1.29, 1.82) is 0 Å². The molecular formula is C15H21N5O. The van der Waals surface area contributed by atoms with E-state index in [2.05, 4.69) is 20.5 Å². The Kier molecular flexibility index (Phi) is 4.26. The standard InChI is InChI=1S/C15H21N5O/c1-19(10-12-5-4-8-16-9-12)11-20-15(21)13-6-2-3-7-14(13)17-18-20/h2-3,6-7,12,16H,4-5,8-11H2,1H3. The highest BCUT2D eigenvalue weighted by Gasteiger charge is 2.16. The summed E-state index contributed by atoms with van der Waals surface area (Å²) in [7, 11) is 2.03. The van der Waals surface area contributed by atoms with Gasteiger partial charge in [-0.3, -0.25) is 9.69 Å². The van der Waals surface area contributed by atoms with E-state index in [9.17, 15) is 4.79 Å². The lowest BCUT2D eigenvalue weighted by atomic mass is 9.99. The molecule has 1 aromatic carbocycles. The Bertz CT molecular complexity index is 662. The van der Waals surface area contributed by atoms with Gasteiger partial charge in [0.25, 0.3) is 5.56 Å². The Hall–Kier alpha value is -1.79. The molecule has 0 spiro atoms. The average molecular weight is 287 g/mol. The van der Waals surface area contributed by atoms with Crippen LogP contribution in [0.2, 0.25) is 0 Å². The molecule has 6 heteroatoms. The van der Waals surface area contributed by atoms with Crippen LogP contribution in [0.5, 0.6) is 0 Å². The number of nitrogens with zero attached hydrogens (tertiary/aromatic N) is 4. The third kappa shape index (κ3) is 3.28. The molecule has 2 heterocycles. The molecule has 0 radical (unpaired) electrons. The van der Waals surface area contributed by atoms with Gasteiger partial charge in [0, 0.05) is 6.54 Å². The van der Waals surface area contributed by atoms with Gasteiger partial charge in [0.1, 0.15) is 5.52 Å². The van der Waals surface area contributed by atoms with E-state index in [-0.39, 0.29) is 5.56 Å². The molecule has 0 bridgehead atoms. The van der Waals surface area contributed by atoms with Gasteiger partial charge in [-0.2, -0.15) is 4.68 Å². The van der Waals surface area contributed by atoms with Crippen molar-refractivity contribution >= 4 is 10.9 Å². The van der Waals surface area contributed by atoms with Crippen LogP contribution >= 0.6 is 0 Å². The van der Waals surface area contributed by atoms with Crippen LogP contribution in [0, 0.1) is 5.92 Å². The fourth-order valence-corrected chi connectivity index (χ4v) is 2.92. The maximum Gasteiger partial charge on any atom is 0.278 e. The lowest BCUT2D eigenvalue weighted by molar-refractivity contribution is 0.191. The zero-order chi connectivity index (χ0) is 14.7. The van der Waals surface area contributed by atoms with E-state index in [1.807, 2.05) is 25.2 Å². The summed E-state index contributed by atoms with van der Waals surface area (Å²) in [5.41, 5.74) is 0.576. The third-order valence-corrected chi connectivity index (χ3v) is 3.97. The van der Waals surface area contributed by atoms with E-state index >= 15 is 0 Å². The van der Waals surface area contributed by atoms with Crippen LogP contribution in [0.4, 0.5) is 0 Å². The maximum atomic E-state index is 12.4. The van der Waals surface area contributed by atoms with Crippen LogP contribution < -0.4 is 10.9 Å². The normalized spacial score (nSPS) is 19.2. The smallest absolute Gasteiger partial charge is 0.278 e. The summed E-state index contributed by atoms with van der Waals surface area (Å²) in [5.74, 6) is 0.646. The van der Waals surface area contributed by atoms with Gasteiger partial charge < -0.3 is 5.32 Å². The third-order valence-electron chi connectivity index (χ3n) is 3.97. The number of fused-ring (bicyclic) bond motifs is 1. The minimum atomic E-state index is -0.0748. The number of rotatable bonds is 4. The summed E-state index contributed by atoms with van der Waals surface area (Å²) >= 11 is 0. The Labute approximate surface area is 123 Å². The summed E-state index contributed by atoms with van der Waals surface area (Å²) in [4.78, 5) is 14.5. The molecule has 1 aromatic heterocycles. The lowest BCUT2D eigenvalue weighted by Gasteiger charge is -2.27. The molecule has 1 aliphatic heterocycles. The zero-order valence-corrected chi connectivity index (χ0v) is 12.3. The predicted octanol–water partition coefficient (Wildman–Crippen LogP) is 0.680. The number of nitrogens with one attached hydrogen (secondary N) is 1. The molecular weight excluding hydrogens is 266 g/mol. The second-order valence-corrected chi connectivity index (χ2v) is 5.80. The van der Waals surface area contributed by atoms with Crippen molar-refractivity contribution in [3.8, 4) is 0 Å². The average Bonchev–Trinajstić information content (AvgIpc) is 2.51. The molecule has 1 saturated heterocycles. The highest BCUT2D eigenvalue weighted by Crippen LogP contribution is 2.11. The molecule has 112 valence electrons. The first kappa shape index (κ1) is 14.2. The van der Waals surface area contributed by atoms with Crippen LogP contribution in [0.25, 0.3) is 10.9 Å². The minimum absolute atomic E-state index is 0.0748. The summed E-state index contributed by atoms with van der Waals surface area (Å²) in [6.45, 7) is 3.62. The van der Waals surface area contributed by atoms with E-state index in [1.165, 1.54) is 17.5 Å². The fraction of sp³-hybridized carbons (Fsp3) is 0.533. The molecule has 1 N–H and O–H groups in total. The van der Waals surface area contributed by atoms with E-state index in [4.69, 9.17) is 0 Å². The first-order valence-corrected chi connectivity index (χ1v) is 7.46. The topological polar surface area (TPSA) is 63.1 Å². The zero-order valence-electron chi connectivity index (χ0n) is 12.3. The van der Waals surface area contributed by atoms with E-state index in [0.29, 0.717) is 23.5 Å². The molecule has 1 aliphatic rings. The second-order valence-electron chi connectivity index (χ2n) is 5.80. The van der Waals surface area contributed by atoms with Crippen molar-refractivity contribution in [2.75, 3.05) is 26.7 Å². The van der Waals surface area contributed by atoms with Crippen molar-refractivity contribution in [3.05, 3.63) is 34.6 Å². The molecule has 0 amide bonds. The van der Waals surface area contributed by atoms with Crippen LogP contribution in [-0.4, -0.2) is 46.6 Å². The second kappa shape index (κ2) is 6.32. The molecule has 6 nitrogen and oxygen atoms in total. The van der Waals surface area contributed by atoms with Gasteiger partial charge in [-0.1, -0.05) is 17.3 Å². The van der Waals surface area contributed by atoms with Crippen LogP contribution in [-0.2, 0) is 6.67 Å². The van der Waals surface area contributed by atoms with Gasteiger partial charge in [-0.15, -0.1) is 5.10 Å². The van der Waals surface area contributed by atoms with Crippen molar-refractivity contribution in [3.63, 3.8) is 0 Å². The highest BCUT2D eigenvalue weighted by atomic mass is 16.1. The summed E-state index contributed by atoms with van der Waals surface area (Å²) in [6, 6.07) is 7.33. The maximum absolute atomic E-state index is 12.4. The quantitative estimate of drug-likeness (QED) is 0.896. The highest BCUT2D eigenvalue weighted by molar-refractivity contribution is 5.76. The van der Waals surface area contributed by atoms with Crippen LogP contribution in [0.1, 0.15) is 12.8 Å². The van der Waals surface area contributed by atoms with Gasteiger partial charge >= 0.3 is 0 Å². The van der Waals surface area contributed by atoms with Crippen LogP contribution in [0.3, 0.4) is 0 Å². The van der Waals surface area contributed by atoms with Crippen molar-refractivity contribution in [1.82, 2.24) is 25.2 Å². The Morgan fingerprint density at radius 1 is 1.43 bits per heavy atom. The Morgan fingerprint density at radius 3 is 3.10 bits per heavy atom. The molecule has 1 unspecified atom stereocenters. The molecule has 21 heavy (non-hydrogen) atoms. The van der Waals surface area contributed by atoms with Gasteiger partial charge in [0.2, 0.25) is 0 Å². The van der Waals surface area contributed by atoms with Gasteiger partial charge in [0.15, 0.2) is 0 Å². The summed E-state index contributed by atoms with van der Waals surface area (Å²) < 4.78 is 1.44. The summed E-state index contributed by atoms with van der Waals surface area (Å²) in [5, 5.41) is 12.2. The molecule has 0 aliphatic carbocycles. The largest absolute Gasteiger partial charge is 0.316 e. The number of benzene rings is 1. The molecule has 1 atom stereocenters. The number of aromatic nitrogens is 3. The molecule has 0 saturated carbocycles. The molecule has 1 fully saturated rings. The molecule has 2 aromatic rings. The van der Waals surface area contributed by atoms with Gasteiger partial charge in [-0.25, -0.2) is 0 Å². The van der Waals surface area contributed by atoms with Gasteiger partial charge in [-0.05, 0) is 51.0 Å². The SMILES string of the molecule is CN(CC1CCCNC1)Cn1nnc2ccccc2c1=O. The van der Waals surface area contributed by atoms with Crippen molar-refractivity contribution in [2.24, 2.45) is 5.92 Å².